The molecule has 3 heterocycles. The molecule has 15 heavy (non-hydrogen) atoms. The van der Waals surface area contributed by atoms with Gasteiger partial charge in [0.15, 0.2) is 5.82 Å². The molecule has 0 atom stereocenters. The first kappa shape index (κ1) is 8.75. The average molecular weight is 235 g/mol. The number of thiophene rings is 1. The lowest BCUT2D eigenvalue weighted by atomic mass is 10.2. The molecule has 0 aliphatic carbocycles. The fraction of sp³-hybridized carbons (Fsp3) is 0. The molecule has 0 saturated heterocycles. The Kier molecular flexibility index (Phi) is 1.90. The lowest BCUT2D eigenvalue weighted by Gasteiger charge is -1.94. The largest absolute Gasteiger partial charge is 0.348 e. The van der Waals surface area contributed by atoms with Crippen LogP contribution in [0, 0.1) is 4.84 Å². The number of pyridine rings is 1. The highest BCUT2D eigenvalue weighted by Gasteiger charge is 2.04. The molecule has 0 bridgehead atoms. The number of nitrogens with one attached hydrogen (secondary N) is 1. The highest BCUT2D eigenvalue weighted by atomic mass is 32.1. The fourth-order valence-electron chi connectivity index (χ4n) is 1.33. The molecule has 0 fully saturated rings. The Bertz CT molecular complexity index is 667. The normalized spacial score (nSPS) is 10.9. The van der Waals surface area contributed by atoms with Crippen LogP contribution in [-0.4, -0.2) is 15.1 Å². The number of aromatic amines is 1. The molecule has 3 aromatic rings. The van der Waals surface area contributed by atoms with Crippen molar-refractivity contribution < 1.29 is 4.52 Å². The molecule has 4 nitrogen and oxygen atoms in total. The molecule has 74 valence electrons. The van der Waals surface area contributed by atoms with Crippen LogP contribution < -0.4 is 0 Å². The predicted molar refractivity (Wildman–Crippen MR) is 60.3 cm³/mol. The van der Waals surface area contributed by atoms with Crippen LogP contribution in [0.4, 0.5) is 0 Å². The van der Waals surface area contributed by atoms with Crippen molar-refractivity contribution >= 4 is 33.8 Å². The van der Waals surface area contributed by atoms with Crippen LogP contribution in [0.2, 0.25) is 0 Å². The highest BCUT2D eigenvalue weighted by molar-refractivity contribution is 7.71. The van der Waals surface area contributed by atoms with Crippen LogP contribution >= 0.6 is 23.6 Å². The second-order valence-corrected chi connectivity index (χ2v) is 4.26. The van der Waals surface area contributed by atoms with E-state index in [-0.39, 0.29) is 4.84 Å². The molecule has 0 amide bonds. The smallest absolute Gasteiger partial charge is 0.314 e. The van der Waals surface area contributed by atoms with Crippen LogP contribution in [0.3, 0.4) is 0 Å². The molecule has 0 aliphatic heterocycles. The lowest BCUT2D eigenvalue weighted by Crippen LogP contribution is -1.81. The zero-order valence-electron chi connectivity index (χ0n) is 7.43. The molecular weight excluding hydrogens is 230 g/mol. The SMILES string of the molecule is S=c1nc(-c2cnc3ccsc3c2)[nH]o1. The van der Waals surface area contributed by atoms with Gasteiger partial charge in [-0.3, -0.25) is 4.98 Å². The Morgan fingerprint density at radius 2 is 2.40 bits per heavy atom. The van der Waals surface area contributed by atoms with Gasteiger partial charge in [-0.05, 0) is 29.7 Å². The van der Waals surface area contributed by atoms with E-state index in [4.69, 9.17) is 16.7 Å². The molecule has 0 aliphatic rings. The van der Waals surface area contributed by atoms with Crippen LogP contribution in [0.15, 0.2) is 28.2 Å². The number of hydrogen-bond donors (Lipinski definition) is 1. The van der Waals surface area contributed by atoms with Crippen molar-refractivity contribution in [2.45, 2.75) is 0 Å². The van der Waals surface area contributed by atoms with E-state index >= 15 is 0 Å². The van der Waals surface area contributed by atoms with E-state index in [0.717, 1.165) is 15.8 Å². The molecule has 0 radical (unpaired) electrons. The summed E-state index contributed by atoms with van der Waals surface area (Å²) in [5, 5.41) is 4.66. The number of H-pyrrole nitrogens is 1. The number of rotatable bonds is 1. The summed E-state index contributed by atoms with van der Waals surface area (Å²) < 4.78 is 5.99. The van der Waals surface area contributed by atoms with Crippen LogP contribution in [-0.2, 0) is 0 Å². The number of fused-ring (bicyclic) bond motifs is 1. The summed E-state index contributed by atoms with van der Waals surface area (Å²) in [5.74, 6) is 0.614. The van der Waals surface area contributed by atoms with Gasteiger partial charge in [-0.25, -0.2) is 5.16 Å². The summed E-state index contributed by atoms with van der Waals surface area (Å²) in [7, 11) is 0. The van der Waals surface area contributed by atoms with Gasteiger partial charge < -0.3 is 4.52 Å². The van der Waals surface area contributed by atoms with Crippen molar-refractivity contribution in [1.82, 2.24) is 15.1 Å². The fourth-order valence-corrected chi connectivity index (χ4v) is 2.24. The van der Waals surface area contributed by atoms with E-state index in [1.807, 2.05) is 17.5 Å². The van der Waals surface area contributed by atoms with E-state index in [0.29, 0.717) is 5.82 Å². The van der Waals surface area contributed by atoms with Gasteiger partial charge in [0.1, 0.15) is 0 Å². The Balaban J connectivity index is 2.22. The third-order valence-corrected chi connectivity index (χ3v) is 3.04. The first-order valence-corrected chi connectivity index (χ1v) is 5.51. The maximum Gasteiger partial charge on any atom is 0.314 e. The third kappa shape index (κ3) is 1.47. The predicted octanol–water partition coefficient (Wildman–Crippen LogP) is 3.01. The van der Waals surface area contributed by atoms with Crippen LogP contribution in [0.5, 0.6) is 0 Å². The second kappa shape index (κ2) is 3.25. The summed E-state index contributed by atoms with van der Waals surface area (Å²) in [6.45, 7) is 0. The molecule has 3 rings (SSSR count). The van der Waals surface area contributed by atoms with Gasteiger partial charge in [0.2, 0.25) is 0 Å². The van der Waals surface area contributed by atoms with Gasteiger partial charge in [-0.15, -0.1) is 11.3 Å². The molecule has 0 spiro atoms. The van der Waals surface area contributed by atoms with Gasteiger partial charge in [0, 0.05) is 11.8 Å². The van der Waals surface area contributed by atoms with Crippen molar-refractivity contribution in [1.29, 1.82) is 0 Å². The minimum Gasteiger partial charge on any atom is -0.348 e. The number of aromatic nitrogens is 3. The molecule has 3 aromatic heterocycles. The summed E-state index contributed by atoms with van der Waals surface area (Å²) in [4.78, 5) is 8.54. The summed E-state index contributed by atoms with van der Waals surface area (Å²) in [6, 6.07) is 3.99. The standard InChI is InChI=1S/C9H5N3OS2/c14-9-11-8(12-13-9)5-3-7-6(10-4-5)1-2-15-7/h1-4H,(H,11,12,14). The Labute approximate surface area is 93.6 Å². The van der Waals surface area contributed by atoms with Crippen LogP contribution in [0.1, 0.15) is 0 Å². The van der Waals surface area contributed by atoms with E-state index in [1.165, 1.54) is 0 Å². The molecular formula is C9H5N3OS2. The molecule has 6 heteroatoms. The van der Waals surface area contributed by atoms with Crippen molar-refractivity contribution in [2.75, 3.05) is 0 Å². The monoisotopic (exact) mass is 235 g/mol. The molecule has 1 N–H and O–H groups in total. The average Bonchev–Trinajstić information content (AvgIpc) is 2.84. The van der Waals surface area contributed by atoms with Gasteiger partial charge >= 0.3 is 4.84 Å². The maximum atomic E-state index is 4.87. The Morgan fingerprint density at radius 1 is 1.47 bits per heavy atom. The van der Waals surface area contributed by atoms with Crippen molar-refractivity contribution in [3.8, 4) is 11.4 Å². The zero-order chi connectivity index (χ0) is 10.3. The van der Waals surface area contributed by atoms with Crippen molar-refractivity contribution in [3.63, 3.8) is 0 Å². The molecule has 0 saturated carbocycles. The third-order valence-electron chi connectivity index (χ3n) is 2.01. The van der Waals surface area contributed by atoms with Crippen molar-refractivity contribution in [3.05, 3.63) is 28.5 Å². The van der Waals surface area contributed by atoms with Gasteiger partial charge in [0.25, 0.3) is 0 Å². The van der Waals surface area contributed by atoms with Gasteiger partial charge in [-0.2, -0.15) is 4.98 Å². The Hall–Kier alpha value is -1.53. The van der Waals surface area contributed by atoms with Crippen molar-refractivity contribution in [2.24, 2.45) is 0 Å². The summed E-state index contributed by atoms with van der Waals surface area (Å²) in [5.41, 5.74) is 1.87. The highest BCUT2D eigenvalue weighted by Crippen LogP contribution is 2.23. The number of hydrogen-bond acceptors (Lipinski definition) is 5. The van der Waals surface area contributed by atoms with Gasteiger partial charge in [-0.1, -0.05) is 0 Å². The molecule has 0 unspecified atom stereocenters. The van der Waals surface area contributed by atoms with Crippen LogP contribution in [0.25, 0.3) is 21.6 Å². The van der Waals surface area contributed by atoms with E-state index < -0.39 is 0 Å². The summed E-state index contributed by atoms with van der Waals surface area (Å²) in [6.07, 6.45) is 1.75. The maximum absolute atomic E-state index is 4.87. The number of nitrogens with zero attached hydrogens (tertiary/aromatic N) is 2. The van der Waals surface area contributed by atoms with E-state index in [9.17, 15) is 0 Å². The Morgan fingerprint density at radius 3 is 3.20 bits per heavy atom. The minimum absolute atomic E-state index is 0.205. The lowest BCUT2D eigenvalue weighted by molar-refractivity contribution is 0.406. The molecule has 0 aromatic carbocycles. The first-order chi connectivity index (χ1) is 7.33. The zero-order valence-corrected chi connectivity index (χ0v) is 9.06. The second-order valence-electron chi connectivity index (χ2n) is 2.96. The first-order valence-electron chi connectivity index (χ1n) is 4.22. The quantitative estimate of drug-likeness (QED) is 0.659. The van der Waals surface area contributed by atoms with E-state index in [1.54, 1.807) is 17.5 Å². The summed E-state index contributed by atoms with van der Waals surface area (Å²) >= 11 is 6.43. The topological polar surface area (TPSA) is 54.7 Å². The minimum atomic E-state index is 0.205. The van der Waals surface area contributed by atoms with Gasteiger partial charge in [0.05, 0.1) is 10.2 Å². The van der Waals surface area contributed by atoms with E-state index in [2.05, 4.69) is 15.1 Å².